The Kier molecular flexibility index (Phi) is 5.98. The van der Waals surface area contributed by atoms with E-state index in [2.05, 4.69) is 5.32 Å². The van der Waals surface area contributed by atoms with Gasteiger partial charge in [0.2, 0.25) is 5.91 Å². The number of rotatable bonds is 6. The molecule has 5 nitrogen and oxygen atoms in total. The first-order valence-electron chi connectivity index (χ1n) is 6.34. The average molecular weight is 299 g/mol. The van der Waals surface area contributed by atoms with Gasteiger partial charge >= 0.3 is 5.97 Å². The highest BCUT2D eigenvalue weighted by molar-refractivity contribution is 6.30. The van der Waals surface area contributed by atoms with Crippen LogP contribution in [0.4, 0.5) is 5.69 Å². The van der Waals surface area contributed by atoms with E-state index in [1.165, 1.54) is 4.90 Å². The van der Waals surface area contributed by atoms with Crippen LogP contribution in [0.3, 0.4) is 0 Å². The number of halogens is 1. The summed E-state index contributed by atoms with van der Waals surface area (Å²) in [6.07, 6.45) is 0.444. The zero-order valence-corrected chi connectivity index (χ0v) is 12.6. The van der Waals surface area contributed by atoms with Gasteiger partial charge in [-0.05, 0) is 44.2 Å². The maximum absolute atomic E-state index is 11.9. The van der Waals surface area contributed by atoms with E-state index in [4.69, 9.17) is 16.7 Å². The van der Waals surface area contributed by atoms with Crippen LogP contribution in [-0.2, 0) is 9.59 Å². The second-order valence-corrected chi connectivity index (χ2v) is 5.12. The fraction of sp³-hybridized carbons (Fsp3) is 0.429. The first kappa shape index (κ1) is 16.5. The van der Waals surface area contributed by atoms with Crippen LogP contribution in [0.1, 0.15) is 18.9 Å². The predicted octanol–water partition coefficient (Wildman–Crippen LogP) is 2.38. The number of aryl methyl sites for hydroxylation is 1. The minimum absolute atomic E-state index is 0.0207. The summed E-state index contributed by atoms with van der Waals surface area (Å²) in [5.41, 5.74) is 1.54. The zero-order valence-electron chi connectivity index (χ0n) is 11.8. The number of benzene rings is 1. The summed E-state index contributed by atoms with van der Waals surface area (Å²) in [7, 11) is 1.62. The van der Waals surface area contributed by atoms with Gasteiger partial charge in [0, 0.05) is 10.7 Å². The maximum Gasteiger partial charge on any atom is 0.320 e. The van der Waals surface area contributed by atoms with Crippen LogP contribution in [0, 0.1) is 6.92 Å². The number of likely N-dealkylation sites (N-methyl/N-ethyl adjacent to an activating group) is 1. The summed E-state index contributed by atoms with van der Waals surface area (Å²) >= 11 is 5.85. The second kappa shape index (κ2) is 7.26. The predicted molar refractivity (Wildman–Crippen MR) is 79.2 cm³/mol. The lowest BCUT2D eigenvalue weighted by Gasteiger charge is -2.22. The number of nitrogens with one attached hydrogen (secondary N) is 1. The Bertz CT molecular complexity index is 505. The summed E-state index contributed by atoms with van der Waals surface area (Å²) in [5.74, 6) is -1.18. The zero-order chi connectivity index (χ0) is 15.3. The molecule has 0 heterocycles. The van der Waals surface area contributed by atoms with E-state index in [1.54, 1.807) is 32.2 Å². The van der Waals surface area contributed by atoms with Crippen molar-refractivity contribution < 1.29 is 14.7 Å². The molecule has 0 saturated carbocycles. The molecule has 1 aromatic rings. The summed E-state index contributed by atoms with van der Waals surface area (Å²) in [5, 5.41) is 12.4. The van der Waals surface area contributed by atoms with Crippen LogP contribution in [0.2, 0.25) is 5.02 Å². The summed E-state index contributed by atoms with van der Waals surface area (Å²) in [6, 6.07) is 4.52. The van der Waals surface area contributed by atoms with Gasteiger partial charge in [0.05, 0.1) is 6.54 Å². The molecule has 0 aromatic heterocycles. The molecule has 0 fully saturated rings. The van der Waals surface area contributed by atoms with E-state index in [-0.39, 0.29) is 12.5 Å². The van der Waals surface area contributed by atoms with Crippen molar-refractivity contribution in [3.8, 4) is 0 Å². The van der Waals surface area contributed by atoms with Crippen molar-refractivity contribution in [2.45, 2.75) is 26.3 Å². The van der Waals surface area contributed by atoms with E-state index in [0.29, 0.717) is 17.1 Å². The highest BCUT2D eigenvalue weighted by Crippen LogP contribution is 2.19. The molecule has 0 aliphatic carbocycles. The van der Waals surface area contributed by atoms with Gasteiger partial charge in [0.25, 0.3) is 0 Å². The van der Waals surface area contributed by atoms with E-state index in [0.717, 1.165) is 5.56 Å². The Hall–Kier alpha value is -1.59. The van der Waals surface area contributed by atoms with Crippen LogP contribution in [0.25, 0.3) is 0 Å². The van der Waals surface area contributed by atoms with Crippen molar-refractivity contribution in [3.05, 3.63) is 28.8 Å². The van der Waals surface area contributed by atoms with Gasteiger partial charge in [0.1, 0.15) is 6.04 Å². The van der Waals surface area contributed by atoms with Crippen molar-refractivity contribution in [2.75, 3.05) is 18.9 Å². The van der Waals surface area contributed by atoms with Gasteiger partial charge in [-0.3, -0.25) is 14.5 Å². The van der Waals surface area contributed by atoms with Crippen LogP contribution >= 0.6 is 11.6 Å². The average Bonchev–Trinajstić information content (AvgIpc) is 2.33. The molecule has 110 valence electrons. The van der Waals surface area contributed by atoms with Crippen molar-refractivity contribution in [3.63, 3.8) is 0 Å². The number of carbonyl (C=O) groups excluding carboxylic acids is 1. The van der Waals surface area contributed by atoms with E-state index in [1.807, 2.05) is 6.92 Å². The molecule has 2 N–H and O–H groups in total. The molecule has 1 rings (SSSR count). The number of hydrogen-bond acceptors (Lipinski definition) is 3. The topological polar surface area (TPSA) is 69.6 Å². The molecule has 0 aliphatic heterocycles. The highest BCUT2D eigenvalue weighted by atomic mass is 35.5. The van der Waals surface area contributed by atoms with Gasteiger partial charge in [-0.1, -0.05) is 18.5 Å². The molecule has 0 spiro atoms. The number of anilines is 1. The van der Waals surface area contributed by atoms with Gasteiger partial charge in [-0.15, -0.1) is 0 Å². The molecular weight excluding hydrogens is 280 g/mol. The molecule has 1 aromatic carbocycles. The number of amides is 1. The Labute approximate surface area is 123 Å². The standard InChI is InChI=1S/C14H19ClN2O3/c1-4-12(14(19)20)17(3)8-13(18)16-11-6-5-10(15)7-9(11)2/h5-7,12H,4,8H2,1-3H3,(H,16,18)(H,19,20). The van der Waals surface area contributed by atoms with Crippen molar-refractivity contribution >= 4 is 29.2 Å². The third kappa shape index (κ3) is 4.51. The highest BCUT2D eigenvalue weighted by Gasteiger charge is 2.22. The number of nitrogens with zero attached hydrogens (tertiary/aromatic N) is 1. The minimum atomic E-state index is -0.925. The summed E-state index contributed by atoms with van der Waals surface area (Å²) in [6.45, 7) is 3.64. The number of carboxylic acids is 1. The Morgan fingerprint density at radius 2 is 2.10 bits per heavy atom. The van der Waals surface area contributed by atoms with Crippen LogP contribution in [0.5, 0.6) is 0 Å². The van der Waals surface area contributed by atoms with E-state index < -0.39 is 12.0 Å². The Balaban J connectivity index is 2.65. The van der Waals surface area contributed by atoms with E-state index >= 15 is 0 Å². The lowest BCUT2D eigenvalue weighted by molar-refractivity contribution is -0.143. The molecular formula is C14H19ClN2O3. The lowest BCUT2D eigenvalue weighted by atomic mass is 10.2. The molecule has 0 aliphatic rings. The SMILES string of the molecule is CCC(C(=O)O)N(C)CC(=O)Nc1ccc(Cl)cc1C. The Morgan fingerprint density at radius 3 is 2.60 bits per heavy atom. The smallest absolute Gasteiger partial charge is 0.320 e. The van der Waals surface area contributed by atoms with Gasteiger partial charge < -0.3 is 10.4 Å². The number of aliphatic carboxylic acids is 1. The normalized spacial score (nSPS) is 12.2. The third-order valence-corrected chi connectivity index (χ3v) is 3.29. The first-order valence-corrected chi connectivity index (χ1v) is 6.72. The fourth-order valence-corrected chi connectivity index (χ4v) is 2.20. The summed E-state index contributed by atoms with van der Waals surface area (Å²) < 4.78 is 0. The number of carbonyl (C=O) groups is 2. The minimum Gasteiger partial charge on any atom is -0.480 e. The second-order valence-electron chi connectivity index (χ2n) is 4.68. The Morgan fingerprint density at radius 1 is 1.45 bits per heavy atom. The molecule has 0 bridgehead atoms. The molecule has 1 amide bonds. The monoisotopic (exact) mass is 298 g/mol. The fourth-order valence-electron chi connectivity index (χ4n) is 1.97. The molecule has 1 atom stereocenters. The number of carboxylic acid groups (broad SMARTS) is 1. The van der Waals surface area contributed by atoms with Crippen molar-refractivity contribution in [1.82, 2.24) is 4.90 Å². The summed E-state index contributed by atoms with van der Waals surface area (Å²) in [4.78, 5) is 24.5. The maximum atomic E-state index is 11.9. The largest absolute Gasteiger partial charge is 0.480 e. The molecule has 20 heavy (non-hydrogen) atoms. The molecule has 6 heteroatoms. The molecule has 0 radical (unpaired) electrons. The van der Waals surface area contributed by atoms with Crippen LogP contribution in [-0.4, -0.2) is 41.5 Å². The third-order valence-electron chi connectivity index (χ3n) is 3.06. The van der Waals surface area contributed by atoms with E-state index in [9.17, 15) is 9.59 Å². The van der Waals surface area contributed by atoms with Gasteiger partial charge in [-0.2, -0.15) is 0 Å². The van der Waals surface area contributed by atoms with Gasteiger partial charge in [-0.25, -0.2) is 0 Å². The molecule has 1 unspecified atom stereocenters. The quantitative estimate of drug-likeness (QED) is 0.846. The van der Waals surface area contributed by atoms with Crippen molar-refractivity contribution in [2.24, 2.45) is 0 Å². The van der Waals surface area contributed by atoms with Crippen molar-refractivity contribution in [1.29, 1.82) is 0 Å². The van der Waals surface area contributed by atoms with Gasteiger partial charge in [0.15, 0.2) is 0 Å². The molecule has 0 saturated heterocycles. The lowest BCUT2D eigenvalue weighted by Crippen LogP contribution is -2.42. The first-order chi connectivity index (χ1) is 9.35. The number of hydrogen-bond donors (Lipinski definition) is 2. The van der Waals surface area contributed by atoms with Crippen LogP contribution < -0.4 is 5.32 Å². The van der Waals surface area contributed by atoms with Crippen LogP contribution in [0.15, 0.2) is 18.2 Å².